The van der Waals surface area contributed by atoms with E-state index in [1.54, 1.807) is 11.3 Å². The van der Waals surface area contributed by atoms with Crippen LogP contribution >= 0.6 is 11.3 Å². The number of carbonyl (C=O) groups excluding carboxylic acids is 1. The van der Waals surface area contributed by atoms with Gasteiger partial charge in [0, 0.05) is 25.8 Å². The highest BCUT2D eigenvalue weighted by Gasteiger charge is 2.30. The van der Waals surface area contributed by atoms with E-state index in [0.717, 1.165) is 53.4 Å². The third-order valence-corrected chi connectivity index (χ3v) is 6.72. The van der Waals surface area contributed by atoms with Crippen molar-refractivity contribution in [3.05, 3.63) is 53.0 Å². The number of amides is 1. The zero-order valence-electron chi connectivity index (χ0n) is 16.3. The molecule has 150 valence electrons. The molecule has 0 spiro atoms. The number of hydrogen-bond acceptors (Lipinski definition) is 5. The number of ether oxygens (including phenoxy) is 2. The maximum Gasteiger partial charge on any atom is 0.223 e. The van der Waals surface area contributed by atoms with Crippen LogP contribution in [0.3, 0.4) is 0 Å². The minimum atomic E-state index is 0.120. The fourth-order valence-corrected chi connectivity index (χ4v) is 5.15. The summed E-state index contributed by atoms with van der Waals surface area (Å²) in [6, 6.07) is 14.4. The first kappa shape index (κ1) is 18.4. The Bertz CT molecular complexity index is 999. The number of aryl methyl sites for hydroxylation is 1. The molecule has 2 aromatic carbocycles. The Labute approximate surface area is 174 Å². The van der Waals surface area contributed by atoms with Gasteiger partial charge >= 0.3 is 0 Å². The highest BCUT2D eigenvalue weighted by molar-refractivity contribution is 7.18. The molecule has 0 radical (unpaired) electrons. The van der Waals surface area contributed by atoms with E-state index in [1.807, 2.05) is 29.2 Å². The van der Waals surface area contributed by atoms with Crippen molar-refractivity contribution in [3.8, 4) is 11.5 Å². The van der Waals surface area contributed by atoms with E-state index in [-0.39, 0.29) is 11.9 Å². The lowest BCUT2D eigenvalue weighted by molar-refractivity contribution is -0.132. The highest BCUT2D eigenvalue weighted by atomic mass is 32.1. The first-order chi connectivity index (χ1) is 14.3. The molecule has 5 nitrogen and oxygen atoms in total. The van der Waals surface area contributed by atoms with Gasteiger partial charge in [-0.2, -0.15) is 0 Å². The van der Waals surface area contributed by atoms with Crippen molar-refractivity contribution in [2.75, 3.05) is 19.8 Å². The Morgan fingerprint density at radius 1 is 1.10 bits per heavy atom. The molecule has 1 amide bonds. The van der Waals surface area contributed by atoms with Crippen molar-refractivity contribution >= 4 is 27.5 Å². The fraction of sp³-hybridized carbons (Fsp3) is 0.391. The Morgan fingerprint density at radius 2 is 1.97 bits per heavy atom. The lowest BCUT2D eigenvalue weighted by Gasteiger charge is -2.25. The Kier molecular flexibility index (Phi) is 5.10. The monoisotopic (exact) mass is 408 g/mol. The molecule has 1 fully saturated rings. The lowest BCUT2D eigenvalue weighted by Crippen LogP contribution is -2.30. The van der Waals surface area contributed by atoms with Crippen LogP contribution in [-0.2, 0) is 11.2 Å². The quantitative estimate of drug-likeness (QED) is 0.625. The molecule has 0 bridgehead atoms. The highest BCUT2D eigenvalue weighted by Crippen LogP contribution is 2.38. The first-order valence-corrected chi connectivity index (χ1v) is 11.1. The smallest absolute Gasteiger partial charge is 0.223 e. The summed E-state index contributed by atoms with van der Waals surface area (Å²) in [5.41, 5.74) is 2.16. The number of carbonyl (C=O) groups is 1. The van der Waals surface area contributed by atoms with Crippen molar-refractivity contribution in [1.29, 1.82) is 0 Å². The molecular formula is C23H24N2O3S. The van der Waals surface area contributed by atoms with Gasteiger partial charge in [0.2, 0.25) is 5.91 Å². The van der Waals surface area contributed by atoms with E-state index in [2.05, 4.69) is 23.2 Å². The summed E-state index contributed by atoms with van der Waals surface area (Å²) in [6.07, 6.45) is 4.12. The van der Waals surface area contributed by atoms with Gasteiger partial charge in [-0.3, -0.25) is 4.79 Å². The van der Waals surface area contributed by atoms with Crippen molar-refractivity contribution in [1.82, 2.24) is 9.88 Å². The number of para-hydroxylation sites is 1. The van der Waals surface area contributed by atoms with E-state index >= 15 is 0 Å². The van der Waals surface area contributed by atoms with Crippen LogP contribution in [-0.4, -0.2) is 35.5 Å². The molecule has 1 saturated heterocycles. The number of fused-ring (bicyclic) bond motifs is 2. The molecule has 5 rings (SSSR count). The normalized spacial score (nSPS) is 18.8. The SMILES string of the molecule is O=C(CCc1nc2ccccc2s1)N1CCC[C@@H]1c1ccc2c(c1)OCCCO2. The summed E-state index contributed by atoms with van der Waals surface area (Å²) < 4.78 is 12.8. The number of aromatic nitrogens is 1. The molecular weight excluding hydrogens is 384 g/mol. The maximum atomic E-state index is 13.0. The minimum absolute atomic E-state index is 0.120. The Hall–Kier alpha value is -2.60. The predicted octanol–water partition coefficient (Wildman–Crippen LogP) is 4.75. The van der Waals surface area contributed by atoms with Gasteiger partial charge in [0.15, 0.2) is 11.5 Å². The number of likely N-dealkylation sites (tertiary alicyclic amines) is 1. The first-order valence-electron chi connectivity index (χ1n) is 10.3. The Morgan fingerprint density at radius 3 is 2.86 bits per heavy atom. The molecule has 3 aromatic rings. The molecule has 1 aromatic heterocycles. The minimum Gasteiger partial charge on any atom is -0.490 e. The second-order valence-corrected chi connectivity index (χ2v) is 8.69. The third-order valence-electron chi connectivity index (χ3n) is 5.62. The predicted molar refractivity (Wildman–Crippen MR) is 114 cm³/mol. The molecule has 0 saturated carbocycles. The molecule has 2 aliphatic heterocycles. The summed E-state index contributed by atoms with van der Waals surface area (Å²) in [7, 11) is 0. The van der Waals surface area contributed by atoms with Crippen LogP contribution in [0.4, 0.5) is 0 Å². The Balaban J connectivity index is 1.28. The second kappa shape index (κ2) is 8.03. The number of hydrogen-bond donors (Lipinski definition) is 0. The molecule has 0 aliphatic carbocycles. The van der Waals surface area contributed by atoms with Crippen LogP contribution in [0.15, 0.2) is 42.5 Å². The molecule has 6 heteroatoms. The van der Waals surface area contributed by atoms with E-state index in [9.17, 15) is 4.79 Å². The summed E-state index contributed by atoms with van der Waals surface area (Å²) >= 11 is 1.68. The third kappa shape index (κ3) is 3.81. The van der Waals surface area contributed by atoms with Crippen LogP contribution < -0.4 is 9.47 Å². The van der Waals surface area contributed by atoms with E-state index in [0.29, 0.717) is 26.1 Å². The van der Waals surface area contributed by atoms with Crippen LogP contribution in [0.1, 0.15) is 42.3 Å². The number of rotatable bonds is 4. The molecule has 29 heavy (non-hydrogen) atoms. The molecule has 0 N–H and O–H groups in total. The molecule has 2 aliphatic rings. The number of thiazole rings is 1. The number of nitrogens with zero attached hydrogens (tertiary/aromatic N) is 2. The van der Waals surface area contributed by atoms with Crippen molar-refractivity contribution < 1.29 is 14.3 Å². The summed E-state index contributed by atoms with van der Waals surface area (Å²) in [5, 5.41) is 1.03. The van der Waals surface area contributed by atoms with E-state index < -0.39 is 0 Å². The molecule has 1 atom stereocenters. The van der Waals surface area contributed by atoms with Gasteiger partial charge in [-0.25, -0.2) is 4.98 Å². The lowest BCUT2D eigenvalue weighted by atomic mass is 10.0. The van der Waals surface area contributed by atoms with E-state index in [4.69, 9.17) is 9.47 Å². The van der Waals surface area contributed by atoms with Gasteiger partial charge in [-0.05, 0) is 42.7 Å². The summed E-state index contributed by atoms with van der Waals surface area (Å²) in [5.74, 6) is 1.81. The fourth-order valence-electron chi connectivity index (χ4n) is 4.18. The van der Waals surface area contributed by atoms with Gasteiger partial charge in [-0.1, -0.05) is 18.2 Å². The van der Waals surface area contributed by atoms with Crippen LogP contribution in [0.25, 0.3) is 10.2 Å². The van der Waals surface area contributed by atoms with Gasteiger partial charge in [0.05, 0.1) is 34.5 Å². The van der Waals surface area contributed by atoms with Gasteiger partial charge < -0.3 is 14.4 Å². The zero-order valence-corrected chi connectivity index (χ0v) is 17.1. The average molecular weight is 409 g/mol. The molecule has 0 unspecified atom stereocenters. The van der Waals surface area contributed by atoms with Crippen LogP contribution in [0, 0.1) is 0 Å². The van der Waals surface area contributed by atoms with Crippen molar-refractivity contribution in [2.45, 2.75) is 38.1 Å². The standard InChI is InChI=1S/C23H24N2O3S/c26-23(11-10-22-24-17-5-1-2-7-21(17)29-22)25-12-3-6-18(25)16-8-9-19-20(15-16)28-14-4-13-27-19/h1-2,5,7-9,15,18H,3-4,6,10-14H2/t18-/m1/s1. The van der Waals surface area contributed by atoms with Crippen LogP contribution in [0.5, 0.6) is 11.5 Å². The topological polar surface area (TPSA) is 51.7 Å². The maximum absolute atomic E-state index is 13.0. The van der Waals surface area contributed by atoms with E-state index in [1.165, 1.54) is 4.70 Å². The van der Waals surface area contributed by atoms with Gasteiger partial charge in [-0.15, -0.1) is 11.3 Å². The summed E-state index contributed by atoms with van der Waals surface area (Å²) in [4.78, 5) is 19.7. The summed E-state index contributed by atoms with van der Waals surface area (Å²) in [6.45, 7) is 2.18. The average Bonchev–Trinajstić information content (AvgIpc) is 3.33. The van der Waals surface area contributed by atoms with Crippen molar-refractivity contribution in [3.63, 3.8) is 0 Å². The largest absolute Gasteiger partial charge is 0.490 e. The zero-order chi connectivity index (χ0) is 19.6. The molecule has 3 heterocycles. The second-order valence-electron chi connectivity index (χ2n) is 7.58. The van der Waals surface area contributed by atoms with Gasteiger partial charge in [0.1, 0.15) is 0 Å². The van der Waals surface area contributed by atoms with Crippen molar-refractivity contribution in [2.24, 2.45) is 0 Å². The van der Waals surface area contributed by atoms with Gasteiger partial charge in [0.25, 0.3) is 0 Å². The number of benzene rings is 2. The van der Waals surface area contributed by atoms with Crippen LogP contribution in [0.2, 0.25) is 0 Å².